The van der Waals surface area contributed by atoms with Gasteiger partial charge in [0.2, 0.25) is 5.91 Å². The van der Waals surface area contributed by atoms with Gasteiger partial charge in [0, 0.05) is 25.7 Å². The number of rotatable bonds is 5. The quantitative estimate of drug-likeness (QED) is 0.781. The number of nitrogens with zero attached hydrogens (tertiary/aromatic N) is 3. The summed E-state index contributed by atoms with van der Waals surface area (Å²) in [4.78, 5) is 32.3. The lowest BCUT2D eigenvalue weighted by molar-refractivity contribution is -0.130. The first kappa shape index (κ1) is 19.4. The number of piperidine rings is 1. The standard InChI is InChI=1S/C23H27N3O3/c1-17(27)25-12-10-19(11-13-25)14-20-8-5-9-22(24-20)26-21(16-29-23(26)28)15-18-6-3-2-4-7-18/h2-9,19,21H,10-16H2,1H3. The van der Waals surface area contributed by atoms with Crippen molar-refractivity contribution in [2.45, 2.75) is 38.6 Å². The van der Waals surface area contributed by atoms with E-state index in [1.807, 2.05) is 41.3 Å². The third kappa shape index (κ3) is 4.58. The van der Waals surface area contributed by atoms with E-state index in [0.29, 0.717) is 18.3 Å². The van der Waals surface area contributed by atoms with Gasteiger partial charge in [0.15, 0.2) is 0 Å². The highest BCUT2D eigenvalue weighted by Gasteiger charge is 2.35. The molecular formula is C23H27N3O3. The molecule has 2 fully saturated rings. The molecule has 0 N–H and O–H groups in total. The highest BCUT2D eigenvalue weighted by Crippen LogP contribution is 2.26. The molecule has 4 rings (SSSR count). The summed E-state index contributed by atoms with van der Waals surface area (Å²) in [5.74, 6) is 1.33. The minimum atomic E-state index is -0.328. The van der Waals surface area contributed by atoms with Crippen molar-refractivity contribution in [1.29, 1.82) is 0 Å². The predicted octanol–water partition coefficient (Wildman–Crippen LogP) is 3.45. The molecule has 6 heteroatoms. The summed E-state index contributed by atoms with van der Waals surface area (Å²) >= 11 is 0. The van der Waals surface area contributed by atoms with Crippen LogP contribution in [0, 0.1) is 5.92 Å². The molecule has 6 nitrogen and oxygen atoms in total. The first-order chi connectivity index (χ1) is 14.1. The Hall–Kier alpha value is -2.89. The summed E-state index contributed by atoms with van der Waals surface area (Å²) in [6.45, 7) is 3.64. The van der Waals surface area contributed by atoms with Crippen LogP contribution in [-0.4, -0.2) is 47.6 Å². The van der Waals surface area contributed by atoms with Crippen molar-refractivity contribution in [3.8, 4) is 0 Å². The largest absolute Gasteiger partial charge is 0.447 e. The lowest BCUT2D eigenvalue weighted by atomic mass is 9.92. The van der Waals surface area contributed by atoms with E-state index in [2.05, 4.69) is 12.1 Å². The van der Waals surface area contributed by atoms with Gasteiger partial charge in [-0.2, -0.15) is 0 Å². The number of hydrogen-bond acceptors (Lipinski definition) is 4. The molecule has 3 heterocycles. The molecule has 0 saturated carbocycles. The van der Waals surface area contributed by atoms with Crippen LogP contribution in [0.1, 0.15) is 31.0 Å². The van der Waals surface area contributed by atoms with Crippen LogP contribution < -0.4 is 4.90 Å². The molecular weight excluding hydrogens is 366 g/mol. The van der Waals surface area contributed by atoms with Gasteiger partial charge < -0.3 is 9.64 Å². The average Bonchev–Trinajstić information content (AvgIpc) is 3.09. The monoisotopic (exact) mass is 393 g/mol. The molecule has 2 amide bonds. The molecule has 29 heavy (non-hydrogen) atoms. The molecule has 2 aromatic rings. The second kappa shape index (κ2) is 8.64. The first-order valence-electron chi connectivity index (χ1n) is 10.3. The van der Waals surface area contributed by atoms with Gasteiger partial charge in [0.25, 0.3) is 0 Å². The maximum absolute atomic E-state index is 12.4. The summed E-state index contributed by atoms with van der Waals surface area (Å²) in [5, 5.41) is 0. The number of carbonyl (C=O) groups excluding carboxylic acids is 2. The molecule has 0 aliphatic carbocycles. The van der Waals surface area contributed by atoms with Crippen molar-refractivity contribution < 1.29 is 14.3 Å². The minimum Gasteiger partial charge on any atom is -0.447 e. The predicted molar refractivity (Wildman–Crippen MR) is 111 cm³/mol. The molecule has 0 bridgehead atoms. The Labute approximate surface area is 171 Å². The number of anilines is 1. The Morgan fingerprint density at radius 3 is 2.55 bits per heavy atom. The van der Waals surface area contributed by atoms with E-state index in [1.165, 1.54) is 5.56 Å². The lowest BCUT2D eigenvalue weighted by Gasteiger charge is -2.31. The second-order valence-corrected chi connectivity index (χ2v) is 7.93. The van der Waals surface area contributed by atoms with E-state index < -0.39 is 0 Å². The van der Waals surface area contributed by atoms with Crippen LogP contribution in [-0.2, 0) is 22.4 Å². The van der Waals surface area contributed by atoms with Gasteiger partial charge >= 0.3 is 6.09 Å². The summed E-state index contributed by atoms with van der Waals surface area (Å²) < 4.78 is 5.34. The van der Waals surface area contributed by atoms with Crippen LogP contribution in [0.2, 0.25) is 0 Å². The highest BCUT2D eigenvalue weighted by atomic mass is 16.6. The van der Waals surface area contributed by atoms with Crippen molar-refractivity contribution in [3.63, 3.8) is 0 Å². The van der Waals surface area contributed by atoms with Crippen LogP contribution in [0.4, 0.5) is 10.6 Å². The average molecular weight is 393 g/mol. The third-order valence-electron chi connectivity index (χ3n) is 5.87. The fourth-order valence-corrected chi connectivity index (χ4v) is 4.24. The molecule has 2 aliphatic heterocycles. The van der Waals surface area contributed by atoms with Gasteiger partial charge in [0.1, 0.15) is 12.4 Å². The molecule has 0 spiro atoms. The molecule has 1 atom stereocenters. The summed E-state index contributed by atoms with van der Waals surface area (Å²) in [5.41, 5.74) is 2.16. The Kier molecular flexibility index (Phi) is 5.79. The maximum Gasteiger partial charge on any atom is 0.415 e. The molecule has 1 unspecified atom stereocenters. The summed E-state index contributed by atoms with van der Waals surface area (Å²) in [6, 6.07) is 16.0. The van der Waals surface area contributed by atoms with E-state index in [1.54, 1.807) is 11.8 Å². The van der Waals surface area contributed by atoms with E-state index in [9.17, 15) is 9.59 Å². The van der Waals surface area contributed by atoms with Gasteiger partial charge in [-0.15, -0.1) is 0 Å². The van der Waals surface area contributed by atoms with Crippen LogP contribution in [0.15, 0.2) is 48.5 Å². The minimum absolute atomic E-state index is 0.0496. The molecule has 1 aromatic heterocycles. The molecule has 152 valence electrons. The van der Waals surface area contributed by atoms with Crippen molar-refractivity contribution in [1.82, 2.24) is 9.88 Å². The summed E-state index contributed by atoms with van der Waals surface area (Å²) in [7, 11) is 0. The number of amides is 2. The van der Waals surface area contributed by atoms with Crippen LogP contribution >= 0.6 is 0 Å². The van der Waals surface area contributed by atoms with Gasteiger partial charge in [-0.05, 0) is 49.3 Å². The SMILES string of the molecule is CC(=O)N1CCC(Cc2cccc(N3C(=O)OCC3Cc3ccccc3)n2)CC1. The smallest absolute Gasteiger partial charge is 0.415 e. The van der Waals surface area contributed by atoms with Gasteiger partial charge in [-0.3, -0.25) is 9.69 Å². The fraction of sp³-hybridized carbons (Fsp3) is 0.435. The molecule has 1 aromatic carbocycles. The first-order valence-corrected chi connectivity index (χ1v) is 10.3. The van der Waals surface area contributed by atoms with Gasteiger partial charge in [-0.1, -0.05) is 36.4 Å². The van der Waals surface area contributed by atoms with E-state index in [-0.39, 0.29) is 18.0 Å². The zero-order valence-electron chi connectivity index (χ0n) is 16.8. The lowest BCUT2D eigenvalue weighted by Crippen LogP contribution is -2.37. The fourth-order valence-electron chi connectivity index (χ4n) is 4.24. The Morgan fingerprint density at radius 2 is 1.83 bits per heavy atom. The van der Waals surface area contributed by atoms with Gasteiger partial charge in [-0.25, -0.2) is 9.78 Å². The van der Waals surface area contributed by atoms with Crippen LogP contribution in [0.5, 0.6) is 0 Å². The number of aromatic nitrogens is 1. The van der Waals surface area contributed by atoms with Crippen molar-refractivity contribution in [3.05, 3.63) is 59.8 Å². The third-order valence-corrected chi connectivity index (χ3v) is 5.87. The summed E-state index contributed by atoms with van der Waals surface area (Å²) in [6.07, 6.45) is 3.26. The van der Waals surface area contributed by atoms with Crippen molar-refractivity contribution >= 4 is 17.8 Å². The number of benzene rings is 1. The van der Waals surface area contributed by atoms with E-state index >= 15 is 0 Å². The highest BCUT2D eigenvalue weighted by molar-refractivity contribution is 5.89. The molecule has 0 radical (unpaired) electrons. The molecule has 2 saturated heterocycles. The number of hydrogen-bond donors (Lipinski definition) is 0. The number of cyclic esters (lactones) is 1. The zero-order chi connectivity index (χ0) is 20.2. The zero-order valence-corrected chi connectivity index (χ0v) is 16.8. The number of ether oxygens (including phenoxy) is 1. The normalized spacial score (nSPS) is 20.0. The van der Waals surface area contributed by atoms with Crippen molar-refractivity contribution in [2.24, 2.45) is 5.92 Å². The van der Waals surface area contributed by atoms with Gasteiger partial charge in [0.05, 0.1) is 6.04 Å². The second-order valence-electron chi connectivity index (χ2n) is 7.93. The number of carbonyl (C=O) groups is 2. The van der Waals surface area contributed by atoms with Crippen LogP contribution in [0.25, 0.3) is 0 Å². The topological polar surface area (TPSA) is 62.7 Å². The van der Waals surface area contributed by atoms with Crippen LogP contribution in [0.3, 0.4) is 0 Å². The maximum atomic E-state index is 12.4. The van der Waals surface area contributed by atoms with Crippen molar-refractivity contribution in [2.75, 3.05) is 24.6 Å². The molecule has 2 aliphatic rings. The number of pyridine rings is 1. The Balaban J connectivity index is 1.44. The van der Waals surface area contributed by atoms with E-state index in [4.69, 9.17) is 9.72 Å². The number of likely N-dealkylation sites (tertiary alicyclic amines) is 1. The Morgan fingerprint density at radius 1 is 1.07 bits per heavy atom. The van der Waals surface area contributed by atoms with E-state index in [0.717, 1.165) is 44.5 Å². The Bertz CT molecular complexity index is 863.